The van der Waals surface area contributed by atoms with Gasteiger partial charge in [0.2, 0.25) is 0 Å². The van der Waals surface area contributed by atoms with Crippen molar-refractivity contribution in [1.29, 1.82) is 0 Å². The molecule has 0 radical (unpaired) electrons. The lowest BCUT2D eigenvalue weighted by Gasteiger charge is -2.38. The fourth-order valence-corrected chi connectivity index (χ4v) is 2.89. The molecule has 0 spiro atoms. The molecule has 1 aliphatic heterocycles. The van der Waals surface area contributed by atoms with E-state index in [1.807, 2.05) is 0 Å². The normalized spacial score (nSPS) is 21.4. The van der Waals surface area contributed by atoms with E-state index in [-0.39, 0.29) is 16.7 Å². The number of piperidine rings is 1. The standard InChI is InChI=1S/C17H22N2O4/c1-12-4-5-13(2)18(11-12)15-8-6-14(7-9-17(20)23-3)10-16(15)19(21)22/h6-10,12-13H,4-5,11H2,1-3H3/b9-7+. The van der Waals surface area contributed by atoms with Crippen LogP contribution in [0.2, 0.25) is 0 Å². The predicted molar refractivity (Wildman–Crippen MR) is 89.4 cm³/mol. The number of nitro benzene ring substituents is 1. The number of rotatable bonds is 4. The Hall–Kier alpha value is -2.37. The summed E-state index contributed by atoms with van der Waals surface area (Å²) in [5.74, 6) is 0.0277. The highest BCUT2D eigenvalue weighted by molar-refractivity contribution is 5.87. The van der Waals surface area contributed by atoms with Gasteiger partial charge in [-0.25, -0.2) is 4.79 Å². The van der Waals surface area contributed by atoms with Gasteiger partial charge < -0.3 is 9.64 Å². The van der Waals surface area contributed by atoms with Crippen LogP contribution in [-0.2, 0) is 9.53 Å². The lowest BCUT2D eigenvalue weighted by Crippen LogP contribution is -2.41. The lowest BCUT2D eigenvalue weighted by molar-refractivity contribution is -0.384. The molecule has 0 aliphatic carbocycles. The Kier molecular flexibility index (Phi) is 5.36. The van der Waals surface area contributed by atoms with Crippen LogP contribution in [0.1, 0.15) is 32.3 Å². The molecule has 1 saturated heterocycles. The van der Waals surface area contributed by atoms with Gasteiger partial charge in [0.15, 0.2) is 0 Å². The minimum atomic E-state index is -0.491. The Labute approximate surface area is 135 Å². The van der Waals surface area contributed by atoms with E-state index in [2.05, 4.69) is 23.5 Å². The lowest BCUT2D eigenvalue weighted by atomic mass is 9.94. The van der Waals surface area contributed by atoms with E-state index < -0.39 is 5.97 Å². The zero-order valence-electron chi connectivity index (χ0n) is 13.7. The van der Waals surface area contributed by atoms with E-state index in [1.54, 1.807) is 12.1 Å². The molecule has 0 amide bonds. The molecule has 1 aromatic carbocycles. The molecular formula is C17H22N2O4. The molecule has 2 atom stereocenters. The summed E-state index contributed by atoms with van der Waals surface area (Å²) >= 11 is 0. The summed E-state index contributed by atoms with van der Waals surface area (Å²) in [6.07, 6.45) is 4.95. The number of anilines is 1. The topological polar surface area (TPSA) is 72.7 Å². The maximum atomic E-state index is 11.5. The van der Waals surface area contributed by atoms with Gasteiger partial charge in [-0.3, -0.25) is 10.1 Å². The van der Waals surface area contributed by atoms with Crippen molar-refractivity contribution in [2.45, 2.75) is 32.7 Å². The molecular weight excluding hydrogens is 296 g/mol. The van der Waals surface area contributed by atoms with Crippen molar-refractivity contribution >= 4 is 23.4 Å². The molecule has 23 heavy (non-hydrogen) atoms. The Bertz CT molecular complexity index is 627. The zero-order valence-corrected chi connectivity index (χ0v) is 13.7. The number of nitrogens with zero attached hydrogens (tertiary/aromatic N) is 2. The molecule has 1 aromatic rings. The number of methoxy groups -OCH3 is 1. The smallest absolute Gasteiger partial charge is 0.330 e. The van der Waals surface area contributed by atoms with Crippen LogP contribution in [0, 0.1) is 16.0 Å². The third-order valence-corrected chi connectivity index (χ3v) is 4.24. The number of hydrogen-bond donors (Lipinski definition) is 0. The Morgan fingerprint density at radius 2 is 2.13 bits per heavy atom. The van der Waals surface area contributed by atoms with Crippen molar-refractivity contribution in [3.05, 3.63) is 40.0 Å². The zero-order chi connectivity index (χ0) is 17.0. The number of carbonyl (C=O) groups is 1. The fourth-order valence-electron chi connectivity index (χ4n) is 2.89. The minimum Gasteiger partial charge on any atom is -0.466 e. The molecule has 0 aromatic heterocycles. The van der Waals surface area contributed by atoms with Crippen LogP contribution < -0.4 is 4.90 Å². The summed E-state index contributed by atoms with van der Waals surface area (Å²) in [4.78, 5) is 24.4. The van der Waals surface area contributed by atoms with Crippen molar-refractivity contribution in [2.24, 2.45) is 5.92 Å². The number of nitro groups is 1. The molecule has 0 saturated carbocycles. The van der Waals surface area contributed by atoms with Gasteiger partial charge >= 0.3 is 5.97 Å². The van der Waals surface area contributed by atoms with Crippen molar-refractivity contribution in [3.63, 3.8) is 0 Å². The predicted octanol–water partition coefficient (Wildman–Crippen LogP) is 3.41. The summed E-state index contributed by atoms with van der Waals surface area (Å²) in [7, 11) is 1.29. The maximum Gasteiger partial charge on any atom is 0.330 e. The highest BCUT2D eigenvalue weighted by atomic mass is 16.6. The number of carbonyl (C=O) groups excluding carboxylic acids is 1. The Balaban J connectivity index is 2.35. The van der Waals surface area contributed by atoms with Gasteiger partial charge in [0, 0.05) is 24.7 Å². The van der Waals surface area contributed by atoms with Crippen molar-refractivity contribution in [1.82, 2.24) is 0 Å². The largest absolute Gasteiger partial charge is 0.466 e. The quantitative estimate of drug-likeness (QED) is 0.368. The summed E-state index contributed by atoms with van der Waals surface area (Å²) < 4.78 is 4.53. The second-order valence-corrected chi connectivity index (χ2v) is 6.05. The average Bonchev–Trinajstić information content (AvgIpc) is 2.54. The van der Waals surface area contributed by atoms with Gasteiger partial charge in [-0.05, 0) is 43.4 Å². The van der Waals surface area contributed by atoms with Crippen LogP contribution in [0.5, 0.6) is 0 Å². The SMILES string of the molecule is COC(=O)/C=C/c1ccc(N2CC(C)CCC2C)c([N+](=O)[O-])c1. The van der Waals surface area contributed by atoms with E-state index in [1.165, 1.54) is 25.3 Å². The first kappa shape index (κ1) is 17.0. The molecule has 6 nitrogen and oxygen atoms in total. The van der Waals surface area contributed by atoms with Gasteiger partial charge in [0.05, 0.1) is 12.0 Å². The van der Waals surface area contributed by atoms with Crippen LogP contribution in [0.15, 0.2) is 24.3 Å². The van der Waals surface area contributed by atoms with Crippen LogP contribution in [0.25, 0.3) is 6.08 Å². The van der Waals surface area contributed by atoms with Crippen LogP contribution in [-0.4, -0.2) is 30.6 Å². The molecule has 124 valence electrons. The molecule has 1 fully saturated rings. The number of benzene rings is 1. The van der Waals surface area contributed by atoms with Gasteiger partial charge in [-0.2, -0.15) is 0 Å². The molecule has 6 heteroatoms. The first-order valence-electron chi connectivity index (χ1n) is 7.73. The van der Waals surface area contributed by atoms with E-state index in [0.29, 0.717) is 17.2 Å². The average molecular weight is 318 g/mol. The van der Waals surface area contributed by atoms with E-state index in [9.17, 15) is 14.9 Å². The Morgan fingerprint density at radius 1 is 1.39 bits per heavy atom. The summed E-state index contributed by atoms with van der Waals surface area (Å²) in [6.45, 7) is 5.08. The summed E-state index contributed by atoms with van der Waals surface area (Å²) in [6, 6.07) is 5.33. The van der Waals surface area contributed by atoms with E-state index in [0.717, 1.165) is 19.4 Å². The van der Waals surface area contributed by atoms with Gasteiger partial charge in [0.1, 0.15) is 5.69 Å². The van der Waals surface area contributed by atoms with Crippen LogP contribution in [0.4, 0.5) is 11.4 Å². The third kappa shape index (κ3) is 4.09. The van der Waals surface area contributed by atoms with Crippen molar-refractivity contribution in [3.8, 4) is 0 Å². The number of ether oxygens (including phenoxy) is 1. The monoisotopic (exact) mass is 318 g/mol. The number of esters is 1. The fraction of sp³-hybridized carbons (Fsp3) is 0.471. The van der Waals surface area contributed by atoms with E-state index in [4.69, 9.17) is 0 Å². The molecule has 0 bridgehead atoms. The maximum absolute atomic E-state index is 11.5. The third-order valence-electron chi connectivity index (χ3n) is 4.24. The highest BCUT2D eigenvalue weighted by Crippen LogP contribution is 2.35. The molecule has 2 unspecified atom stereocenters. The molecule has 2 rings (SSSR count). The van der Waals surface area contributed by atoms with E-state index >= 15 is 0 Å². The molecule has 1 aliphatic rings. The summed E-state index contributed by atoms with van der Waals surface area (Å²) in [5.41, 5.74) is 1.31. The van der Waals surface area contributed by atoms with Gasteiger partial charge in [-0.1, -0.05) is 13.0 Å². The van der Waals surface area contributed by atoms with Crippen molar-refractivity contribution in [2.75, 3.05) is 18.6 Å². The molecule has 1 heterocycles. The summed E-state index contributed by atoms with van der Waals surface area (Å²) in [5, 5.41) is 11.5. The first-order valence-corrected chi connectivity index (χ1v) is 7.73. The minimum absolute atomic E-state index is 0.0676. The Morgan fingerprint density at radius 3 is 2.78 bits per heavy atom. The second-order valence-electron chi connectivity index (χ2n) is 6.05. The van der Waals surface area contributed by atoms with Crippen LogP contribution >= 0.6 is 0 Å². The van der Waals surface area contributed by atoms with Crippen LogP contribution in [0.3, 0.4) is 0 Å². The second kappa shape index (κ2) is 7.26. The molecule has 0 N–H and O–H groups in total. The number of hydrogen-bond acceptors (Lipinski definition) is 5. The van der Waals surface area contributed by atoms with Gasteiger partial charge in [-0.15, -0.1) is 0 Å². The first-order chi connectivity index (χ1) is 10.9. The van der Waals surface area contributed by atoms with Gasteiger partial charge in [0.25, 0.3) is 5.69 Å². The van der Waals surface area contributed by atoms with Crippen molar-refractivity contribution < 1.29 is 14.5 Å². The highest BCUT2D eigenvalue weighted by Gasteiger charge is 2.28.